The van der Waals surface area contributed by atoms with E-state index in [1.807, 2.05) is 91.0 Å². The molecule has 5 nitrogen and oxygen atoms in total. The van der Waals surface area contributed by atoms with Gasteiger partial charge in [-0.15, -0.1) is 0 Å². The fourth-order valence-electron chi connectivity index (χ4n) is 5.30. The number of benzene rings is 4. The third-order valence-electron chi connectivity index (χ3n) is 7.32. The van der Waals surface area contributed by atoms with Crippen molar-refractivity contribution >= 4 is 34.2 Å². The summed E-state index contributed by atoms with van der Waals surface area (Å²) in [6.07, 6.45) is 4.56. The predicted molar refractivity (Wildman–Crippen MR) is 156 cm³/mol. The van der Waals surface area contributed by atoms with E-state index < -0.39 is 6.04 Å². The summed E-state index contributed by atoms with van der Waals surface area (Å²) in [5.74, 6) is 0.246. The fourth-order valence-corrected chi connectivity index (χ4v) is 5.51. The molecular weight excluding hydrogens is 508 g/mol. The Morgan fingerprint density at radius 3 is 2.36 bits per heavy atom. The minimum atomic E-state index is -0.699. The Morgan fingerprint density at radius 1 is 0.872 bits per heavy atom. The maximum absolute atomic E-state index is 13.9. The first kappa shape index (κ1) is 26.8. The monoisotopic (exact) mass is 540 g/mol. The minimum Gasteiger partial charge on any atom is -0.483 e. The lowest BCUT2D eigenvalue weighted by Crippen LogP contribution is -2.53. The minimum absolute atomic E-state index is 0.133. The summed E-state index contributed by atoms with van der Waals surface area (Å²) in [7, 11) is 0. The fraction of sp³-hybridized carbons (Fsp3) is 0.273. The molecule has 0 saturated heterocycles. The topological polar surface area (TPSA) is 58.6 Å². The van der Waals surface area contributed by atoms with Crippen molar-refractivity contribution in [2.24, 2.45) is 0 Å². The molecule has 1 aliphatic carbocycles. The molecule has 0 heterocycles. The second-order valence-corrected chi connectivity index (χ2v) is 10.5. The van der Waals surface area contributed by atoms with E-state index >= 15 is 0 Å². The molecule has 0 aliphatic heterocycles. The summed E-state index contributed by atoms with van der Waals surface area (Å²) in [5.41, 5.74) is 1.84. The van der Waals surface area contributed by atoms with Gasteiger partial charge < -0.3 is 15.0 Å². The maximum atomic E-state index is 13.9. The van der Waals surface area contributed by atoms with E-state index in [2.05, 4.69) is 5.32 Å². The van der Waals surface area contributed by atoms with Crippen LogP contribution in [0, 0.1) is 0 Å². The van der Waals surface area contributed by atoms with Crippen molar-refractivity contribution in [3.05, 3.63) is 113 Å². The number of hydrogen-bond donors (Lipinski definition) is 1. The van der Waals surface area contributed by atoms with Gasteiger partial charge in [-0.1, -0.05) is 103 Å². The van der Waals surface area contributed by atoms with Crippen LogP contribution in [0.4, 0.5) is 0 Å². The number of nitrogens with zero attached hydrogens (tertiary/aromatic N) is 1. The predicted octanol–water partition coefficient (Wildman–Crippen LogP) is 6.57. The molecule has 1 aliphatic rings. The number of ether oxygens (including phenoxy) is 1. The smallest absolute Gasteiger partial charge is 0.261 e. The zero-order valence-corrected chi connectivity index (χ0v) is 22.6. The molecule has 1 saturated carbocycles. The van der Waals surface area contributed by atoms with E-state index in [0.29, 0.717) is 17.2 Å². The number of carbonyl (C=O) groups excluding carboxylic acids is 2. The molecule has 6 heteroatoms. The van der Waals surface area contributed by atoms with E-state index in [-0.39, 0.29) is 31.0 Å². The second kappa shape index (κ2) is 12.8. The number of carbonyl (C=O) groups is 2. The van der Waals surface area contributed by atoms with Crippen LogP contribution in [0.1, 0.15) is 36.8 Å². The van der Waals surface area contributed by atoms with E-state index in [0.717, 1.165) is 47.6 Å². The molecule has 1 fully saturated rings. The molecular formula is C33H33ClN2O3. The van der Waals surface area contributed by atoms with Crippen LogP contribution in [-0.4, -0.2) is 35.4 Å². The number of nitrogens with one attached hydrogen (secondary N) is 1. The second-order valence-electron chi connectivity index (χ2n) is 10.1. The molecule has 4 aromatic carbocycles. The maximum Gasteiger partial charge on any atom is 0.261 e. The Hall–Kier alpha value is -3.83. The van der Waals surface area contributed by atoms with E-state index in [1.165, 1.54) is 0 Å². The standard InChI is InChI=1S/C33H33ClN2O3/c34-27-15-8-12-25(20-27)22-36(32(37)23-39-31-19-9-14-26-13-4-7-18-29(26)31)30(21-24-10-2-1-3-11-24)33(38)35-28-16-5-6-17-28/h1-4,7-15,18-20,28,30H,5-6,16-17,21-23H2,(H,35,38). The Balaban J connectivity index is 1.44. The van der Waals surface area contributed by atoms with Crippen molar-refractivity contribution in [2.45, 2.75) is 50.7 Å². The molecule has 1 N–H and O–H groups in total. The van der Waals surface area contributed by atoms with Crippen LogP contribution in [0.25, 0.3) is 10.8 Å². The number of rotatable bonds is 10. The Kier molecular flexibility index (Phi) is 8.79. The van der Waals surface area contributed by atoms with Gasteiger partial charge >= 0.3 is 0 Å². The molecule has 200 valence electrons. The molecule has 4 aromatic rings. The summed E-state index contributed by atoms with van der Waals surface area (Å²) < 4.78 is 6.09. The number of amides is 2. The van der Waals surface area contributed by atoms with Gasteiger partial charge in [0.25, 0.3) is 5.91 Å². The van der Waals surface area contributed by atoms with Gasteiger partial charge in [-0.2, -0.15) is 0 Å². The van der Waals surface area contributed by atoms with E-state index in [9.17, 15) is 9.59 Å². The van der Waals surface area contributed by atoms with Gasteiger partial charge in [0, 0.05) is 29.4 Å². The molecule has 5 rings (SSSR count). The molecule has 2 amide bonds. The summed E-state index contributed by atoms with van der Waals surface area (Å²) in [6, 6.07) is 30.4. The van der Waals surface area contributed by atoms with Crippen LogP contribution >= 0.6 is 11.6 Å². The highest BCUT2D eigenvalue weighted by Crippen LogP contribution is 2.26. The van der Waals surface area contributed by atoms with Crippen molar-refractivity contribution in [3.8, 4) is 5.75 Å². The van der Waals surface area contributed by atoms with Crippen molar-refractivity contribution < 1.29 is 14.3 Å². The van der Waals surface area contributed by atoms with Crippen molar-refractivity contribution in [1.29, 1.82) is 0 Å². The summed E-state index contributed by atoms with van der Waals surface area (Å²) >= 11 is 6.28. The van der Waals surface area contributed by atoms with Crippen molar-refractivity contribution in [3.63, 3.8) is 0 Å². The molecule has 0 spiro atoms. The van der Waals surface area contributed by atoms with Crippen LogP contribution in [-0.2, 0) is 22.6 Å². The average Bonchev–Trinajstić information content (AvgIpc) is 3.47. The molecule has 0 aromatic heterocycles. The lowest BCUT2D eigenvalue weighted by atomic mass is 10.0. The first-order chi connectivity index (χ1) is 19.1. The van der Waals surface area contributed by atoms with Gasteiger partial charge in [-0.3, -0.25) is 9.59 Å². The largest absolute Gasteiger partial charge is 0.483 e. The summed E-state index contributed by atoms with van der Waals surface area (Å²) in [6.45, 7) is 0.0600. The Morgan fingerprint density at radius 2 is 1.56 bits per heavy atom. The molecule has 1 unspecified atom stereocenters. The SMILES string of the molecule is O=C(NC1CCCC1)C(Cc1ccccc1)N(Cc1cccc(Cl)c1)C(=O)COc1cccc2ccccc12. The highest BCUT2D eigenvalue weighted by Gasteiger charge is 2.32. The van der Waals surface area contributed by atoms with Gasteiger partial charge in [0.05, 0.1) is 0 Å². The van der Waals surface area contributed by atoms with Crippen LogP contribution < -0.4 is 10.1 Å². The van der Waals surface area contributed by atoms with Crippen LogP contribution in [0.2, 0.25) is 5.02 Å². The third kappa shape index (κ3) is 6.98. The number of halogens is 1. The lowest BCUT2D eigenvalue weighted by molar-refractivity contribution is -0.143. The molecule has 0 radical (unpaired) electrons. The van der Waals surface area contributed by atoms with Gasteiger partial charge in [-0.25, -0.2) is 0 Å². The van der Waals surface area contributed by atoms with Crippen LogP contribution in [0.15, 0.2) is 97.1 Å². The average molecular weight is 541 g/mol. The zero-order valence-electron chi connectivity index (χ0n) is 21.9. The van der Waals surface area contributed by atoms with Gasteiger partial charge in [0.15, 0.2) is 6.61 Å². The van der Waals surface area contributed by atoms with E-state index in [4.69, 9.17) is 16.3 Å². The first-order valence-corrected chi connectivity index (χ1v) is 13.9. The van der Waals surface area contributed by atoms with Gasteiger partial charge in [-0.05, 0) is 47.6 Å². The molecule has 0 bridgehead atoms. The number of hydrogen-bond acceptors (Lipinski definition) is 3. The van der Waals surface area contributed by atoms with Crippen LogP contribution in [0.5, 0.6) is 5.75 Å². The highest BCUT2D eigenvalue weighted by molar-refractivity contribution is 6.30. The Bertz CT molecular complexity index is 1410. The highest BCUT2D eigenvalue weighted by atomic mass is 35.5. The van der Waals surface area contributed by atoms with Gasteiger partial charge in [0.1, 0.15) is 11.8 Å². The molecule has 1 atom stereocenters. The van der Waals surface area contributed by atoms with Crippen molar-refractivity contribution in [2.75, 3.05) is 6.61 Å². The summed E-state index contributed by atoms with van der Waals surface area (Å²) in [5, 5.41) is 5.79. The van der Waals surface area contributed by atoms with Gasteiger partial charge in [0.2, 0.25) is 5.91 Å². The summed E-state index contributed by atoms with van der Waals surface area (Å²) in [4.78, 5) is 29.3. The van der Waals surface area contributed by atoms with Crippen molar-refractivity contribution in [1.82, 2.24) is 10.2 Å². The zero-order chi connectivity index (χ0) is 27.0. The quantitative estimate of drug-likeness (QED) is 0.247. The Labute approximate surface area is 234 Å². The van der Waals surface area contributed by atoms with E-state index in [1.54, 1.807) is 11.0 Å². The first-order valence-electron chi connectivity index (χ1n) is 13.6. The number of fused-ring (bicyclic) bond motifs is 1. The van der Waals surface area contributed by atoms with Crippen LogP contribution in [0.3, 0.4) is 0 Å². The lowest BCUT2D eigenvalue weighted by Gasteiger charge is -2.32. The third-order valence-corrected chi connectivity index (χ3v) is 7.55. The molecule has 39 heavy (non-hydrogen) atoms. The normalized spacial score (nSPS) is 14.2.